The van der Waals surface area contributed by atoms with Gasteiger partial charge in [-0.05, 0) is 37.6 Å². The monoisotopic (exact) mass is 475 g/mol. The van der Waals surface area contributed by atoms with Gasteiger partial charge in [-0.3, -0.25) is 14.5 Å². The van der Waals surface area contributed by atoms with Gasteiger partial charge in [0.15, 0.2) is 0 Å². The summed E-state index contributed by atoms with van der Waals surface area (Å²) >= 11 is 0. The minimum absolute atomic E-state index is 0.0412. The number of ether oxygens (including phenoxy) is 1. The first-order valence-electron chi connectivity index (χ1n) is 12.5. The number of carbonyl (C=O) groups excluding carboxylic acids is 2. The molecular weight excluding hydrogens is 442 g/mol. The molecule has 0 unspecified atom stereocenters. The second kappa shape index (κ2) is 10.6. The Kier molecular flexibility index (Phi) is 7.11. The van der Waals surface area contributed by atoms with E-state index in [-0.39, 0.29) is 24.3 Å². The van der Waals surface area contributed by atoms with E-state index in [9.17, 15) is 9.59 Å². The topological polar surface area (TPSA) is 79.7 Å². The standard InChI is InChI=1S/C27H33N5O3/c1-20-26-29-22-10-5-6-11-23(22)32(26)24(27(34)31(20)19-21-8-3-2-4-9-21)18-25(33)28-12-7-13-30-14-16-35-17-15-30/h2-6,8-11,20,24H,7,12-19H2,1H3,(H,28,33)/t20-,24+/m1/s1. The molecule has 1 aromatic heterocycles. The number of fused-ring (bicyclic) bond motifs is 3. The van der Waals surface area contributed by atoms with E-state index in [1.165, 1.54) is 0 Å². The molecule has 1 fully saturated rings. The zero-order chi connectivity index (χ0) is 24.2. The smallest absolute Gasteiger partial charge is 0.247 e. The zero-order valence-corrected chi connectivity index (χ0v) is 20.2. The Hall–Kier alpha value is -3.23. The molecule has 2 amide bonds. The van der Waals surface area contributed by atoms with Gasteiger partial charge in [0.2, 0.25) is 11.8 Å². The minimum atomic E-state index is -0.614. The van der Waals surface area contributed by atoms with Gasteiger partial charge in [0.25, 0.3) is 0 Å². The molecular formula is C27H33N5O3. The summed E-state index contributed by atoms with van der Waals surface area (Å²) in [4.78, 5) is 35.8. The number of hydrogen-bond acceptors (Lipinski definition) is 5. The highest BCUT2D eigenvalue weighted by Gasteiger charge is 2.40. The molecule has 8 nitrogen and oxygen atoms in total. The van der Waals surface area contributed by atoms with Crippen molar-refractivity contribution in [1.82, 2.24) is 24.7 Å². The average Bonchev–Trinajstić information content (AvgIpc) is 3.28. The van der Waals surface area contributed by atoms with Crippen molar-refractivity contribution in [3.05, 3.63) is 66.0 Å². The number of rotatable bonds is 8. The Labute approximate surface area is 205 Å². The number of imidazole rings is 1. The second-order valence-corrected chi connectivity index (χ2v) is 9.33. The molecule has 2 atom stereocenters. The first kappa shape index (κ1) is 23.5. The van der Waals surface area contributed by atoms with Crippen molar-refractivity contribution < 1.29 is 14.3 Å². The number of nitrogens with one attached hydrogen (secondary N) is 1. The van der Waals surface area contributed by atoms with E-state index in [2.05, 4.69) is 10.2 Å². The van der Waals surface area contributed by atoms with E-state index in [1.54, 1.807) is 0 Å². The van der Waals surface area contributed by atoms with Crippen molar-refractivity contribution in [2.75, 3.05) is 39.4 Å². The molecule has 2 aliphatic rings. The van der Waals surface area contributed by atoms with E-state index in [4.69, 9.17) is 9.72 Å². The molecule has 0 saturated carbocycles. The molecule has 0 spiro atoms. The van der Waals surface area contributed by atoms with Crippen LogP contribution in [0.4, 0.5) is 0 Å². The number of hydrogen-bond donors (Lipinski definition) is 1. The van der Waals surface area contributed by atoms with Crippen molar-refractivity contribution in [1.29, 1.82) is 0 Å². The largest absolute Gasteiger partial charge is 0.379 e. The van der Waals surface area contributed by atoms with Crippen molar-refractivity contribution in [3.63, 3.8) is 0 Å². The molecule has 2 aromatic carbocycles. The van der Waals surface area contributed by atoms with Gasteiger partial charge in [0, 0.05) is 26.2 Å². The Morgan fingerprint density at radius 3 is 2.63 bits per heavy atom. The summed E-state index contributed by atoms with van der Waals surface area (Å²) < 4.78 is 7.37. The van der Waals surface area contributed by atoms with Gasteiger partial charge in [-0.1, -0.05) is 42.5 Å². The summed E-state index contributed by atoms with van der Waals surface area (Å²) in [6.07, 6.45) is 0.975. The maximum atomic E-state index is 13.8. The molecule has 5 rings (SSSR count). The molecule has 1 N–H and O–H groups in total. The highest BCUT2D eigenvalue weighted by atomic mass is 16.5. The van der Waals surface area contributed by atoms with Crippen molar-refractivity contribution in [2.45, 2.75) is 38.4 Å². The molecule has 3 heterocycles. The van der Waals surface area contributed by atoms with Crippen molar-refractivity contribution in [2.24, 2.45) is 0 Å². The fourth-order valence-electron chi connectivity index (χ4n) is 5.09. The average molecular weight is 476 g/mol. The van der Waals surface area contributed by atoms with Gasteiger partial charge in [-0.2, -0.15) is 0 Å². The summed E-state index contributed by atoms with van der Waals surface area (Å²) in [7, 11) is 0. The molecule has 0 bridgehead atoms. The highest BCUT2D eigenvalue weighted by Crippen LogP contribution is 2.37. The lowest BCUT2D eigenvalue weighted by molar-refractivity contribution is -0.142. The predicted molar refractivity (Wildman–Crippen MR) is 134 cm³/mol. The van der Waals surface area contributed by atoms with Gasteiger partial charge in [0.05, 0.1) is 36.7 Å². The molecule has 3 aromatic rings. The third-order valence-corrected chi connectivity index (χ3v) is 7.00. The first-order valence-corrected chi connectivity index (χ1v) is 12.5. The van der Waals surface area contributed by atoms with Crippen LogP contribution in [-0.4, -0.2) is 70.6 Å². The van der Waals surface area contributed by atoms with Crippen LogP contribution in [0.5, 0.6) is 0 Å². The molecule has 0 aliphatic carbocycles. The zero-order valence-electron chi connectivity index (χ0n) is 20.2. The van der Waals surface area contributed by atoms with Gasteiger partial charge in [-0.25, -0.2) is 4.98 Å². The number of morpholine rings is 1. The Morgan fingerprint density at radius 2 is 1.83 bits per heavy atom. The van der Waals surface area contributed by atoms with Crippen LogP contribution in [0.3, 0.4) is 0 Å². The number of para-hydroxylation sites is 2. The molecule has 0 radical (unpaired) electrons. The maximum absolute atomic E-state index is 13.8. The van der Waals surface area contributed by atoms with Gasteiger partial charge in [0.1, 0.15) is 11.9 Å². The van der Waals surface area contributed by atoms with Crippen LogP contribution in [0, 0.1) is 0 Å². The van der Waals surface area contributed by atoms with E-state index >= 15 is 0 Å². The lowest BCUT2D eigenvalue weighted by Gasteiger charge is -2.38. The van der Waals surface area contributed by atoms with E-state index in [0.29, 0.717) is 13.1 Å². The van der Waals surface area contributed by atoms with Crippen LogP contribution < -0.4 is 5.32 Å². The quantitative estimate of drug-likeness (QED) is 0.507. The normalized spacial score (nSPS) is 20.7. The number of aromatic nitrogens is 2. The number of amides is 2. The van der Waals surface area contributed by atoms with Crippen LogP contribution in [0.2, 0.25) is 0 Å². The third-order valence-electron chi connectivity index (χ3n) is 7.00. The number of carbonyl (C=O) groups is 2. The van der Waals surface area contributed by atoms with Gasteiger partial charge in [-0.15, -0.1) is 0 Å². The number of benzene rings is 2. The molecule has 2 aliphatic heterocycles. The fraction of sp³-hybridized carbons (Fsp3) is 0.444. The van der Waals surface area contributed by atoms with Crippen molar-refractivity contribution in [3.8, 4) is 0 Å². The molecule has 184 valence electrons. The van der Waals surface area contributed by atoms with Crippen LogP contribution in [0.15, 0.2) is 54.6 Å². The summed E-state index contributed by atoms with van der Waals surface area (Å²) in [6.45, 7) is 7.46. The fourth-order valence-corrected chi connectivity index (χ4v) is 5.09. The lowest BCUT2D eigenvalue weighted by atomic mass is 10.0. The number of nitrogens with zero attached hydrogens (tertiary/aromatic N) is 4. The molecule has 35 heavy (non-hydrogen) atoms. The summed E-state index contributed by atoms with van der Waals surface area (Å²) in [5.41, 5.74) is 2.80. The summed E-state index contributed by atoms with van der Waals surface area (Å²) in [5.74, 6) is 0.676. The van der Waals surface area contributed by atoms with Crippen LogP contribution >= 0.6 is 0 Å². The minimum Gasteiger partial charge on any atom is -0.379 e. The Bertz CT molecular complexity index is 1170. The molecule has 8 heteroatoms. The summed E-state index contributed by atoms with van der Waals surface area (Å²) in [5, 5.41) is 3.04. The van der Waals surface area contributed by atoms with Crippen molar-refractivity contribution >= 4 is 22.8 Å². The van der Waals surface area contributed by atoms with E-state index in [1.807, 2.05) is 71.0 Å². The van der Waals surface area contributed by atoms with Crippen LogP contribution in [-0.2, 0) is 20.9 Å². The highest BCUT2D eigenvalue weighted by molar-refractivity contribution is 5.90. The van der Waals surface area contributed by atoms with Crippen LogP contribution in [0.1, 0.15) is 43.2 Å². The SMILES string of the molecule is C[C@@H]1c2nc3ccccc3n2[C@@H](CC(=O)NCCCN2CCOCC2)C(=O)N1Cc1ccccc1. The van der Waals surface area contributed by atoms with Gasteiger partial charge >= 0.3 is 0 Å². The second-order valence-electron chi connectivity index (χ2n) is 9.33. The molecule has 1 saturated heterocycles. The first-order chi connectivity index (χ1) is 17.1. The predicted octanol–water partition coefficient (Wildman–Crippen LogP) is 2.91. The third kappa shape index (κ3) is 5.09. The Morgan fingerprint density at radius 1 is 1.09 bits per heavy atom. The Balaban J connectivity index is 1.32. The van der Waals surface area contributed by atoms with E-state index in [0.717, 1.165) is 61.7 Å². The van der Waals surface area contributed by atoms with Crippen LogP contribution in [0.25, 0.3) is 11.0 Å². The van der Waals surface area contributed by atoms with E-state index < -0.39 is 6.04 Å². The summed E-state index contributed by atoms with van der Waals surface area (Å²) in [6, 6.07) is 17.0. The lowest BCUT2D eigenvalue weighted by Crippen LogP contribution is -2.46. The maximum Gasteiger partial charge on any atom is 0.247 e. The van der Waals surface area contributed by atoms with Gasteiger partial charge < -0.3 is 19.5 Å².